The van der Waals surface area contributed by atoms with Gasteiger partial charge in [0.25, 0.3) is 5.56 Å². The highest BCUT2D eigenvalue weighted by molar-refractivity contribution is 5.81. The summed E-state index contributed by atoms with van der Waals surface area (Å²) in [5.74, 6) is 0. The van der Waals surface area contributed by atoms with E-state index in [0.29, 0.717) is 30.7 Å². The maximum Gasteiger partial charge on any atom is 0.407 e. The number of carboxylic acid groups (broad SMARTS) is 1. The van der Waals surface area contributed by atoms with Gasteiger partial charge in [-0.25, -0.2) is 9.78 Å². The average Bonchev–Trinajstić information content (AvgIpc) is 2.66. The standard InChI is InChI=1S/C20H19N3O3/c1-13-4-6-14(7-5-13)11-23-18-16(3-2-9-21-18)15-8-10-22(20(25)26)12-17(15)19(23)24/h2-7,9H,8,10-12H2,1H3,(H,25,26). The lowest BCUT2D eigenvalue weighted by molar-refractivity contribution is 0.139. The van der Waals surface area contributed by atoms with E-state index in [1.807, 2.05) is 43.3 Å². The molecular formula is C20H19N3O3. The fraction of sp³-hybridized carbons (Fsp3) is 0.250. The van der Waals surface area contributed by atoms with Crippen LogP contribution in [-0.4, -0.2) is 32.2 Å². The molecule has 0 aliphatic carbocycles. The number of fused-ring (bicyclic) bond motifs is 3. The Morgan fingerprint density at radius 2 is 1.96 bits per heavy atom. The minimum atomic E-state index is -0.994. The fourth-order valence-corrected chi connectivity index (χ4v) is 3.55. The Bertz CT molecular complexity index is 1050. The molecular weight excluding hydrogens is 330 g/mol. The van der Waals surface area contributed by atoms with Crippen molar-refractivity contribution in [2.75, 3.05) is 6.54 Å². The normalized spacial score (nSPS) is 13.7. The van der Waals surface area contributed by atoms with Gasteiger partial charge in [-0.1, -0.05) is 29.8 Å². The first kappa shape index (κ1) is 16.3. The number of nitrogens with zero attached hydrogens (tertiary/aromatic N) is 3. The first-order valence-corrected chi connectivity index (χ1v) is 8.57. The molecule has 0 saturated heterocycles. The number of aromatic nitrogens is 2. The summed E-state index contributed by atoms with van der Waals surface area (Å²) in [5.41, 5.74) is 4.16. The molecule has 0 spiro atoms. The van der Waals surface area contributed by atoms with Crippen LogP contribution in [0, 0.1) is 6.92 Å². The van der Waals surface area contributed by atoms with Crippen LogP contribution in [0.4, 0.5) is 4.79 Å². The summed E-state index contributed by atoms with van der Waals surface area (Å²) in [5, 5.41) is 10.2. The van der Waals surface area contributed by atoms with E-state index < -0.39 is 6.09 Å². The van der Waals surface area contributed by atoms with Crippen molar-refractivity contribution in [1.29, 1.82) is 0 Å². The Morgan fingerprint density at radius 3 is 2.69 bits per heavy atom. The molecule has 6 heteroatoms. The van der Waals surface area contributed by atoms with Crippen molar-refractivity contribution in [2.24, 2.45) is 0 Å². The van der Waals surface area contributed by atoms with Crippen molar-refractivity contribution in [1.82, 2.24) is 14.5 Å². The number of hydrogen-bond acceptors (Lipinski definition) is 3. The summed E-state index contributed by atoms with van der Waals surface area (Å²) in [6.45, 7) is 2.95. The van der Waals surface area contributed by atoms with Crippen LogP contribution in [0.2, 0.25) is 0 Å². The molecule has 3 aromatic rings. The minimum Gasteiger partial charge on any atom is -0.465 e. The average molecular weight is 349 g/mol. The van der Waals surface area contributed by atoms with E-state index in [1.54, 1.807) is 10.8 Å². The van der Waals surface area contributed by atoms with Crippen LogP contribution >= 0.6 is 0 Å². The van der Waals surface area contributed by atoms with Gasteiger partial charge in [0, 0.05) is 23.7 Å². The molecule has 0 radical (unpaired) electrons. The van der Waals surface area contributed by atoms with Crippen LogP contribution < -0.4 is 5.56 Å². The second-order valence-electron chi connectivity index (χ2n) is 6.66. The largest absolute Gasteiger partial charge is 0.465 e. The highest BCUT2D eigenvalue weighted by Gasteiger charge is 2.26. The topological polar surface area (TPSA) is 75.4 Å². The van der Waals surface area contributed by atoms with Crippen LogP contribution in [0.5, 0.6) is 0 Å². The SMILES string of the molecule is Cc1ccc(Cn2c(=O)c3c(c4cccnc42)CCN(C(=O)O)C3)cc1. The molecule has 0 atom stereocenters. The van der Waals surface area contributed by atoms with Gasteiger partial charge in [-0.05, 0) is 36.6 Å². The predicted molar refractivity (Wildman–Crippen MR) is 98.4 cm³/mol. The molecule has 1 aliphatic heterocycles. The van der Waals surface area contributed by atoms with Gasteiger partial charge in [0.2, 0.25) is 0 Å². The third kappa shape index (κ3) is 2.73. The van der Waals surface area contributed by atoms with Crippen LogP contribution in [0.25, 0.3) is 11.0 Å². The highest BCUT2D eigenvalue weighted by atomic mass is 16.4. The summed E-state index contributed by atoms with van der Waals surface area (Å²) in [4.78, 5) is 30.3. The van der Waals surface area contributed by atoms with Gasteiger partial charge in [0.1, 0.15) is 5.65 Å². The predicted octanol–water partition coefficient (Wildman–Crippen LogP) is 2.79. The highest BCUT2D eigenvalue weighted by Crippen LogP contribution is 2.24. The van der Waals surface area contributed by atoms with Crippen molar-refractivity contribution >= 4 is 17.1 Å². The molecule has 2 aromatic heterocycles. The van der Waals surface area contributed by atoms with Gasteiger partial charge < -0.3 is 10.0 Å². The summed E-state index contributed by atoms with van der Waals surface area (Å²) in [6, 6.07) is 11.8. The lowest BCUT2D eigenvalue weighted by Crippen LogP contribution is -2.40. The Kier molecular flexibility index (Phi) is 3.95. The lowest BCUT2D eigenvalue weighted by atomic mass is 9.97. The number of benzene rings is 1. The molecule has 0 fully saturated rings. The second kappa shape index (κ2) is 6.29. The number of amides is 1. The molecule has 1 N–H and O–H groups in total. The second-order valence-corrected chi connectivity index (χ2v) is 6.66. The molecule has 4 rings (SSSR count). The Morgan fingerprint density at radius 1 is 1.19 bits per heavy atom. The van der Waals surface area contributed by atoms with E-state index in [1.165, 1.54) is 4.90 Å². The third-order valence-corrected chi connectivity index (χ3v) is 4.95. The van der Waals surface area contributed by atoms with Crippen LogP contribution in [0.15, 0.2) is 47.4 Å². The molecule has 132 valence electrons. The maximum atomic E-state index is 13.2. The van der Waals surface area contributed by atoms with Crippen molar-refractivity contribution in [2.45, 2.75) is 26.4 Å². The molecule has 1 aromatic carbocycles. The molecule has 0 bridgehead atoms. The maximum absolute atomic E-state index is 13.2. The first-order valence-electron chi connectivity index (χ1n) is 8.57. The summed E-state index contributed by atoms with van der Waals surface area (Å²) < 4.78 is 1.66. The van der Waals surface area contributed by atoms with E-state index in [9.17, 15) is 14.7 Å². The molecule has 0 saturated carbocycles. The summed E-state index contributed by atoms with van der Waals surface area (Å²) >= 11 is 0. The van der Waals surface area contributed by atoms with Crippen LogP contribution in [-0.2, 0) is 19.5 Å². The zero-order chi connectivity index (χ0) is 18.3. The quantitative estimate of drug-likeness (QED) is 0.772. The van der Waals surface area contributed by atoms with Crippen LogP contribution in [0.1, 0.15) is 22.3 Å². The third-order valence-electron chi connectivity index (χ3n) is 4.95. The number of hydrogen-bond donors (Lipinski definition) is 1. The van der Waals surface area contributed by atoms with E-state index >= 15 is 0 Å². The number of pyridine rings is 2. The van der Waals surface area contributed by atoms with Crippen molar-refractivity contribution in [3.05, 3.63) is 75.2 Å². The van der Waals surface area contributed by atoms with Gasteiger partial charge >= 0.3 is 6.09 Å². The van der Waals surface area contributed by atoms with E-state index in [2.05, 4.69) is 4.98 Å². The van der Waals surface area contributed by atoms with Crippen molar-refractivity contribution in [3.63, 3.8) is 0 Å². The first-order chi connectivity index (χ1) is 12.5. The number of carbonyl (C=O) groups is 1. The molecule has 0 unspecified atom stereocenters. The smallest absolute Gasteiger partial charge is 0.407 e. The monoisotopic (exact) mass is 349 g/mol. The Hall–Kier alpha value is -3.15. The van der Waals surface area contributed by atoms with E-state index in [-0.39, 0.29) is 12.1 Å². The van der Waals surface area contributed by atoms with Crippen molar-refractivity contribution in [3.8, 4) is 0 Å². The van der Waals surface area contributed by atoms with E-state index in [0.717, 1.165) is 22.1 Å². The van der Waals surface area contributed by atoms with Gasteiger partial charge in [-0.2, -0.15) is 0 Å². The molecule has 3 heterocycles. The zero-order valence-corrected chi connectivity index (χ0v) is 14.5. The summed E-state index contributed by atoms with van der Waals surface area (Å²) in [7, 11) is 0. The lowest BCUT2D eigenvalue weighted by Gasteiger charge is -2.27. The zero-order valence-electron chi connectivity index (χ0n) is 14.5. The van der Waals surface area contributed by atoms with Gasteiger partial charge in [-0.15, -0.1) is 0 Å². The summed E-state index contributed by atoms with van der Waals surface area (Å²) in [6.07, 6.45) is 1.22. The van der Waals surface area contributed by atoms with Crippen molar-refractivity contribution < 1.29 is 9.90 Å². The molecule has 6 nitrogen and oxygen atoms in total. The molecule has 1 aliphatic rings. The molecule has 1 amide bonds. The van der Waals surface area contributed by atoms with Crippen LogP contribution in [0.3, 0.4) is 0 Å². The fourth-order valence-electron chi connectivity index (χ4n) is 3.55. The van der Waals surface area contributed by atoms with Gasteiger partial charge in [-0.3, -0.25) is 9.36 Å². The number of rotatable bonds is 2. The Balaban J connectivity index is 1.89. The number of aryl methyl sites for hydroxylation is 1. The van der Waals surface area contributed by atoms with E-state index in [4.69, 9.17) is 0 Å². The van der Waals surface area contributed by atoms with Gasteiger partial charge in [0.05, 0.1) is 13.1 Å². The molecule has 26 heavy (non-hydrogen) atoms. The Labute approximate surface area is 150 Å². The minimum absolute atomic E-state index is 0.127. The van der Waals surface area contributed by atoms with Gasteiger partial charge in [0.15, 0.2) is 0 Å².